The molecule has 5 nitrogen and oxygen atoms in total. The van der Waals surface area contributed by atoms with E-state index in [9.17, 15) is 9.59 Å². The average molecular weight is 407 g/mol. The summed E-state index contributed by atoms with van der Waals surface area (Å²) in [6.07, 6.45) is -0.582. The predicted octanol–water partition coefficient (Wildman–Crippen LogP) is 3.39. The Morgan fingerprint density at radius 3 is 2.21 bits per heavy atom. The summed E-state index contributed by atoms with van der Waals surface area (Å²) in [4.78, 5) is 27.2. The van der Waals surface area contributed by atoms with Gasteiger partial charge in [0.1, 0.15) is 17.1 Å². The number of allylic oxidation sites excluding steroid dienone is 1. The van der Waals surface area contributed by atoms with Crippen LogP contribution in [0.5, 0.6) is 0 Å². The SMILES string of the molecule is C=C(C)C1=C(C(=O)OC(c2ccccc2)c2ccccc2)N2C(=O)C(N)[C@H]2SC1. The minimum atomic E-state index is -0.589. The first-order valence-electron chi connectivity index (χ1n) is 9.39. The highest BCUT2D eigenvalue weighted by molar-refractivity contribution is 8.00. The first-order chi connectivity index (χ1) is 14.0. The van der Waals surface area contributed by atoms with Gasteiger partial charge >= 0.3 is 5.97 Å². The summed E-state index contributed by atoms with van der Waals surface area (Å²) >= 11 is 1.55. The van der Waals surface area contributed by atoms with E-state index in [1.165, 1.54) is 4.90 Å². The second-order valence-electron chi connectivity index (χ2n) is 7.15. The number of carbonyl (C=O) groups is 2. The molecule has 0 radical (unpaired) electrons. The number of thioether (sulfide) groups is 1. The summed E-state index contributed by atoms with van der Waals surface area (Å²) in [7, 11) is 0. The highest BCUT2D eigenvalue weighted by Gasteiger charge is 2.52. The van der Waals surface area contributed by atoms with E-state index in [1.807, 2.05) is 67.6 Å². The zero-order valence-electron chi connectivity index (χ0n) is 16.1. The second kappa shape index (κ2) is 7.89. The van der Waals surface area contributed by atoms with Gasteiger partial charge in [0, 0.05) is 5.75 Å². The Hall–Kier alpha value is -2.83. The molecule has 1 saturated heterocycles. The highest BCUT2D eigenvalue weighted by Crippen LogP contribution is 2.42. The normalized spacial score (nSPS) is 20.9. The monoisotopic (exact) mass is 406 g/mol. The minimum absolute atomic E-state index is 0.236. The van der Waals surface area contributed by atoms with Gasteiger partial charge < -0.3 is 10.5 Å². The fourth-order valence-corrected chi connectivity index (χ4v) is 4.98. The quantitative estimate of drug-likeness (QED) is 0.609. The molecular formula is C23H22N2O3S. The largest absolute Gasteiger partial charge is 0.448 e. The van der Waals surface area contributed by atoms with Crippen molar-refractivity contribution in [3.8, 4) is 0 Å². The lowest BCUT2D eigenvalue weighted by molar-refractivity contribution is -0.153. The van der Waals surface area contributed by atoms with E-state index in [1.54, 1.807) is 11.8 Å². The Balaban J connectivity index is 1.71. The van der Waals surface area contributed by atoms with Crippen molar-refractivity contribution in [3.05, 3.63) is 95.2 Å². The highest BCUT2D eigenvalue weighted by atomic mass is 32.2. The maximum Gasteiger partial charge on any atom is 0.356 e. The molecule has 0 spiro atoms. The van der Waals surface area contributed by atoms with Gasteiger partial charge in [0.25, 0.3) is 0 Å². The van der Waals surface area contributed by atoms with Crippen LogP contribution in [-0.2, 0) is 14.3 Å². The summed E-state index contributed by atoms with van der Waals surface area (Å²) in [6, 6.07) is 18.5. The van der Waals surface area contributed by atoms with Gasteiger partial charge in [-0.2, -0.15) is 0 Å². The molecule has 2 aliphatic rings. The molecule has 6 heteroatoms. The van der Waals surface area contributed by atoms with E-state index in [0.29, 0.717) is 5.75 Å². The molecular weight excluding hydrogens is 384 g/mol. The first-order valence-corrected chi connectivity index (χ1v) is 10.4. The Bertz CT molecular complexity index is 948. The van der Waals surface area contributed by atoms with Crippen molar-refractivity contribution in [2.24, 2.45) is 5.73 Å². The molecule has 1 fully saturated rings. The van der Waals surface area contributed by atoms with Gasteiger partial charge in [-0.1, -0.05) is 72.8 Å². The number of amides is 1. The summed E-state index contributed by atoms with van der Waals surface area (Å²) in [6.45, 7) is 5.82. The zero-order chi connectivity index (χ0) is 20.5. The molecule has 29 heavy (non-hydrogen) atoms. The number of esters is 1. The lowest BCUT2D eigenvalue weighted by atomic mass is 9.99. The summed E-state index contributed by atoms with van der Waals surface area (Å²) < 4.78 is 6.00. The molecule has 0 aliphatic carbocycles. The molecule has 1 unspecified atom stereocenters. The van der Waals surface area contributed by atoms with Crippen molar-refractivity contribution in [1.29, 1.82) is 0 Å². The van der Waals surface area contributed by atoms with E-state index in [0.717, 1.165) is 22.3 Å². The van der Waals surface area contributed by atoms with Crippen molar-refractivity contribution in [1.82, 2.24) is 4.90 Å². The summed E-state index contributed by atoms with van der Waals surface area (Å²) in [5, 5.41) is -0.236. The third-order valence-corrected chi connectivity index (χ3v) is 6.45. The van der Waals surface area contributed by atoms with Gasteiger partial charge in [-0.3, -0.25) is 9.69 Å². The van der Waals surface area contributed by atoms with Crippen LogP contribution in [0.15, 0.2) is 84.1 Å². The van der Waals surface area contributed by atoms with Gasteiger partial charge in [-0.25, -0.2) is 4.79 Å². The van der Waals surface area contributed by atoms with Gasteiger partial charge in [-0.15, -0.1) is 11.8 Å². The van der Waals surface area contributed by atoms with E-state index >= 15 is 0 Å². The number of nitrogens with zero attached hydrogens (tertiary/aromatic N) is 1. The average Bonchev–Trinajstić information content (AvgIpc) is 2.76. The van der Waals surface area contributed by atoms with Crippen molar-refractivity contribution < 1.29 is 14.3 Å². The molecule has 2 aliphatic heterocycles. The van der Waals surface area contributed by atoms with E-state index in [2.05, 4.69) is 6.58 Å². The molecule has 0 aromatic heterocycles. The predicted molar refractivity (Wildman–Crippen MR) is 114 cm³/mol. The van der Waals surface area contributed by atoms with Gasteiger partial charge in [0.15, 0.2) is 6.10 Å². The maximum absolute atomic E-state index is 13.3. The van der Waals surface area contributed by atoms with Crippen molar-refractivity contribution >= 4 is 23.6 Å². The molecule has 148 valence electrons. The number of carbonyl (C=O) groups excluding carboxylic acids is 2. The lowest BCUT2D eigenvalue weighted by Gasteiger charge is -2.48. The number of hydrogen-bond acceptors (Lipinski definition) is 5. The fraction of sp³-hybridized carbons (Fsp3) is 0.217. The molecule has 2 N–H and O–H groups in total. The molecule has 0 bridgehead atoms. The first kappa shape index (κ1) is 19.5. The Morgan fingerprint density at radius 1 is 1.14 bits per heavy atom. The van der Waals surface area contributed by atoms with Crippen LogP contribution in [0.4, 0.5) is 0 Å². The van der Waals surface area contributed by atoms with E-state index < -0.39 is 18.1 Å². The number of nitrogens with two attached hydrogens (primary N) is 1. The van der Waals surface area contributed by atoms with Crippen LogP contribution in [0.1, 0.15) is 24.2 Å². The van der Waals surface area contributed by atoms with Crippen molar-refractivity contribution in [2.45, 2.75) is 24.4 Å². The molecule has 2 atom stereocenters. The molecule has 0 saturated carbocycles. The fourth-order valence-electron chi connectivity index (χ4n) is 3.58. The van der Waals surface area contributed by atoms with Gasteiger partial charge in [0.2, 0.25) is 5.91 Å². The smallest absolute Gasteiger partial charge is 0.356 e. The van der Waals surface area contributed by atoms with Gasteiger partial charge in [0.05, 0.1) is 0 Å². The number of β-lactam (4-membered cyclic amide) rings is 1. The van der Waals surface area contributed by atoms with Crippen LogP contribution < -0.4 is 5.73 Å². The molecule has 4 rings (SSSR count). The molecule has 2 heterocycles. The van der Waals surface area contributed by atoms with Crippen molar-refractivity contribution in [2.75, 3.05) is 5.75 Å². The van der Waals surface area contributed by atoms with Crippen LogP contribution in [0.3, 0.4) is 0 Å². The number of fused-ring (bicyclic) bond motifs is 1. The number of benzene rings is 2. The van der Waals surface area contributed by atoms with E-state index in [-0.39, 0.29) is 17.0 Å². The Morgan fingerprint density at radius 2 is 1.69 bits per heavy atom. The topological polar surface area (TPSA) is 72.6 Å². The third-order valence-electron chi connectivity index (χ3n) is 5.15. The molecule has 1 amide bonds. The Kier molecular flexibility index (Phi) is 5.30. The molecule has 2 aromatic carbocycles. The van der Waals surface area contributed by atoms with Crippen LogP contribution >= 0.6 is 11.8 Å². The van der Waals surface area contributed by atoms with Crippen LogP contribution in [0.2, 0.25) is 0 Å². The zero-order valence-corrected chi connectivity index (χ0v) is 16.9. The minimum Gasteiger partial charge on any atom is -0.448 e. The van der Waals surface area contributed by atoms with Crippen LogP contribution in [-0.4, -0.2) is 33.9 Å². The standard InChI is InChI=1S/C23H22N2O3S/c1-14(2)17-13-29-22-18(24)21(26)25(22)19(17)23(27)28-20(15-9-5-3-6-10-15)16-11-7-4-8-12-16/h3-12,18,20,22H,1,13,24H2,2H3/t18?,22-/m1/s1. The third kappa shape index (κ3) is 3.50. The number of hydrogen-bond donors (Lipinski definition) is 1. The van der Waals surface area contributed by atoms with Gasteiger partial charge in [-0.05, 0) is 23.6 Å². The Labute approximate surface area is 174 Å². The number of ether oxygens (including phenoxy) is 1. The van der Waals surface area contributed by atoms with Crippen LogP contribution in [0, 0.1) is 0 Å². The summed E-state index contributed by atoms with van der Waals surface area (Å²) in [5.74, 6) is -0.224. The maximum atomic E-state index is 13.3. The molecule has 2 aromatic rings. The van der Waals surface area contributed by atoms with Crippen LogP contribution in [0.25, 0.3) is 0 Å². The van der Waals surface area contributed by atoms with Crippen molar-refractivity contribution in [3.63, 3.8) is 0 Å². The summed E-state index contributed by atoms with van der Waals surface area (Å²) in [5.41, 5.74) is 9.40. The lowest BCUT2D eigenvalue weighted by Crippen LogP contribution is -2.68. The van der Waals surface area contributed by atoms with E-state index in [4.69, 9.17) is 10.5 Å². The second-order valence-corrected chi connectivity index (χ2v) is 8.25. The number of rotatable bonds is 5.